The standard InChI is InChI=1S/C16H28N6O2/c1-4-17-15(18-7-6-14-12-19-20(3)13-14)21-8-10-22(11-9-21)16(23)24-5-2/h12-13H,4-11H2,1-3H3,(H,17,18). The summed E-state index contributed by atoms with van der Waals surface area (Å²) in [6.07, 6.45) is 4.53. The van der Waals surface area contributed by atoms with Gasteiger partial charge in [-0.25, -0.2) is 4.79 Å². The van der Waals surface area contributed by atoms with E-state index in [1.165, 1.54) is 5.56 Å². The molecule has 0 spiro atoms. The van der Waals surface area contributed by atoms with Crippen molar-refractivity contribution in [3.05, 3.63) is 18.0 Å². The van der Waals surface area contributed by atoms with Crippen LogP contribution in [0.5, 0.6) is 0 Å². The summed E-state index contributed by atoms with van der Waals surface area (Å²) in [6, 6.07) is 0. The minimum atomic E-state index is -0.226. The number of nitrogens with one attached hydrogen (secondary N) is 1. The van der Waals surface area contributed by atoms with E-state index in [0.717, 1.165) is 32.0 Å². The average molecular weight is 336 g/mol. The van der Waals surface area contributed by atoms with Crippen LogP contribution in [0.1, 0.15) is 19.4 Å². The van der Waals surface area contributed by atoms with Crippen molar-refractivity contribution in [2.45, 2.75) is 20.3 Å². The quantitative estimate of drug-likeness (QED) is 0.633. The van der Waals surface area contributed by atoms with Crippen LogP contribution in [0.3, 0.4) is 0 Å². The zero-order valence-corrected chi connectivity index (χ0v) is 14.9. The molecule has 0 aliphatic carbocycles. The van der Waals surface area contributed by atoms with Crippen LogP contribution in [0.25, 0.3) is 0 Å². The van der Waals surface area contributed by atoms with Crippen molar-refractivity contribution in [2.75, 3.05) is 45.9 Å². The summed E-state index contributed by atoms with van der Waals surface area (Å²) in [5.74, 6) is 0.907. The first-order chi connectivity index (χ1) is 11.6. The molecule has 2 heterocycles. The molecule has 1 N–H and O–H groups in total. The SMILES string of the molecule is CCNC(=NCCc1cnn(C)c1)N1CCN(C(=O)OCC)CC1. The number of rotatable bonds is 5. The number of nitrogens with zero attached hydrogens (tertiary/aromatic N) is 5. The lowest BCUT2D eigenvalue weighted by molar-refractivity contribution is 0.0914. The van der Waals surface area contributed by atoms with Gasteiger partial charge in [0.2, 0.25) is 0 Å². The molecular weight excluding hydrogens is 308 g/mol. The lowest BCUT2D eigenvalue weighted by atomic mass is 10.2. The van der Waals surface area contributed by atoms with E-state index in [2.05, 4.69) is 22.2 Å². The average Bonchev–Trinajstić information content (AvgIpc) is 3.00. The number of aryl methyl sites for hydroxylation is 1. The largest absolute Gasteiger partial charge is 0.450 e. The molecule has 0 saturated carbocycles. The Balaban J connectivity index is 1.86. The Morgan fingerprint density at radius 2 is 2.00 bits per heavy atom. The topological polar surface area (TPSA) is 75.0 Å². The summed E-state index contributed by atoms with van der Waals surface area (Å²) in [5.41, 5.74) is 1.18. The number of ether oxygens (including phenoxy) is 1. The van der Waals surface area contributed by atoms with Crippen LogP contribution in [0.2, 0.25) is 0 Å². The van der Waals surface area contributed by atoms with Crippen molar-refractivity contribution in [3.63, 3.8) is 0 Å². The summed E-state index contributed by atoms with van der Waals surface area (Å²) in [7, 11) is 1.92. The van der Waals surface area contributed by atoms with E-state index >= 15 is 0 Å². The van der Waals surface area contributed by atoms with Gasteiger partial charge in [-0.3, -0.25) is 9.67 Å². The molecule has 1 aliphatic rings. The maximum absolute atomic E-state index is 11.8. The molecule has 0 aromatic carbocycles. The number of amides is 1. The molecule has 24 heavy (non-hydrogen) atoms. The molecule has 8 nitrogen and oxygen atoms in total. The molecule has 0 unspecified atom stereocenters. The van der Waals surface area contributed by atoms with Crippen LogP contribution >= 0.6 is 0 Å². The van der Waals surface area contributed by atoms with Crippen LogP contribution in [0.4, 0.5) is 4.79 Å². The van der Waals surface area contributed by atoms with Crippen LogP contribution in [0, 0.1) is 0 Å². The molecule has 2 rings (SSSR count). The molecule has 1 aromatic heterocycles. The van der Waals surface area contributed by atoms with Gasteiger partial charge < -0.3 is 19.9 Å². The first kappa shape index (κ1) is 18.1. The third-order valence-corrected chi connectivity index (χ3v) is 3.86. The van der Waals surface area contributed by atoms with E-state index in [4.69, 9.17) is 9.73 Å². The lowest BCUT2D eigenvalue weighted by Crippen LogP contribution is -2.54. The zero-order chi connectivity index (χ0) is 17.4. The van der Waals surface area contributed by atoms with E-state index < -0.39 is 0 Å². The van der Waals surface area contributed by atoms with Gasteiger partial charge in [0, 0.05) is 52.5 Å². The number of aromatic nitrogens is 2. The summed E-state index contributed by atoms with van der Waals surface area (Å²) >= 11 is 0. The first-order valence-corrected chi connectivity index (χ1v) is 8.56. The fraction of sp³-hybridized carbons (Fsp3) is 0.688. The van der Waals surface area contributed by atoms with Gasteiger partial charge >= 0.3 is 6.09 Å². The Labute approximate surface area is 143 Å². The van der Waals surface area contributed by atoms with Crippen molar-refractivity contribution in [1.82, 2.24) is 24.9 Å². The monoisotopic (exact) mass is 336 g/mol. The van der Waals surface area contributed by atoms with E-state index in [-0.39, 0.29) is 6.09 Å². The Morgan fingerprint density at radius 1 is 1.29 bits per heavy atom. The van der Waals surface area contributed by atoms with Gasteiger partial charge in [0.15, 0.2) is 5.96 Å². The second-order valence-corrected chi connectivity index (χ2v) is 5.68. The van der Waals surface area contributed by atoms with Crippen molar-refractivity contribution in [1.29, 1.82) is 0 Å². The van der Waals surface area contributed by atoms with Crippen molar-refractivity contribution >= 4 is 12.1 Å². The van der Waals surface area contributed by atoms with Crippen molar-refractivity contribution in [2.24, 2.45) is 12.0 Å². The van der Waals surface area contributed by atoms with Gasteiger partial charge in [-0.15, -0.1) is 0 Å². The molecule has 0 radical (unpaired) electrons. The van der Waals surface area contributed by atoms with E-state index in [1.807, 2.05) is 26.4 Å². The minimum Gasteiger partial charge on any atom is -0.450 e. The molecule has 1 fully saturated rings. The number of piperazine rings is 1. The van der Waals surface area contributed by atoms with Crippen LogP contribution in [0.15, 0.2) is 17.4 Å². The van der Waals surface area contributed by atoms with Gasteiger partial charge in [-0.05, 0) is 25.8 Å². The molecule has 0 bridgehead atoms. The highest BCUT2D eigenvalue weighted by molar-refractivity contribution is 5.80. The van der Waals surface area contributed by atoms with Gasteiger partial charge in [-0.1, -0.05) is 0 Å². The van der Waals surface area contributed by atoms with Crippen LogP contribution < -0.4 is 5.32 Å². The third-order valence-electron chi connectivity index (χ3n) is 3.86. The summed E-state index contributed by atoms with van der Waals surface area (Å²) in [6.45, 7) is 8.68. The molecular formula is C16H28N6O2. The second-order valence-electron chi connectivity index (χ2n) is 5.68. The molecule has 134 valence electrons. The van der Waals surface area contributed by atoms with Gasteiger partial charge in [-0.2, -0.15) is 5.10 Å². The fourth-order valence-corrected chi connectivity index (χ4v) is 2.63. The number of hydrogen-bond acceptors (Lipinski definition) is 4. The summed E-state index contributed by atoms with van der Waals surface area (Å²) in [5, 5.41) is 7.51. The minimum absolute atomic E-state index is 0.226. The fourth-order valence-electron chi connectivity index (χ4n) is 2.63. The summed E-state index contributed by atoms with van der Waals surface area (Å²) < 4.78 is 6.86. The predicted octanol–water partition coefficient (Wildman–Crippen LogP) is 0.702. The third kappa shape index (κ3) is 5.14. The Kier molecular flexibility index (Phi) is 6.89. The zero-order valence-electron chi connectivity index (χ0n) is 14.9. The highest BCUT2D eigenvalue weighted by Crippen LogP contribution is 2.05. The van der Waals surface area contributed by atoms with E-state index in [1.54, 1.807) is 9.58 Å². The normalized spacial score (nSPS) is 15.5. The Bertz CT molecular complexity index is 549. The predicted molar refractivity (Wildman–Crippen MR) is 93.1 cm³/mol. The summed E-state index contributed by atoms with van der Waals surface area (Å²) in [4.78, 5) is 20.4. The Morgan fingerprint density at radius 3 is 2.58 bits per heavy atom. The number of carbonyl (C=O) groups is 1. The molecule has 1 saturated heterocycles. The molecule has 0 atom stereocenters. The maximum Gasteiger partial charge on any atom is 0.409 e. The number of hydrogen-bond donors (Lipinski definition) is 1. The Hall–Kier alpha value is -2.25. The number of carbonyl (C=O) groups excluding carboxylic acids is 1. The molecule has 8 heteroatoms. The highest BCUT2D eigenvalue weighted by Gasteiger charge is 2.23. The van der Waals surface area contributed by atoms with E-state index in [9.17, 15) is 4.79 Å². The lowest BCUT2D eigenvalue weighted by Gasteiger charge is -2.35. The molecule has 1 amide bonds. The second kappa shape index (κ2) is 9.14. The molecule has 1 aliphatic heterocycles. The van der Waals surface area contributed by atoms with Crippen molar-refractivity contribution < 1.29 is 9.53 Å². The first-order valence-electron chi connectivity index (χ1n) is 8.56. The van der Waals surface area contributed by atoms with Crippen molar-refractivity contribution in [3.8, 4) is 0 Å². The number of guanidine groups is 1. The van der Waals surface area contributed by atoms with Gasteiger partial charge in [0.1, 0.15) is 0 Å². The van der Waals surface area contributed by atoms with Crippen LogP contribution in [-0.4, -0.2) is 77.5 Å². The number of aliphatic imine (C=N–C) groups is 1. The molecule has 1 aromatic rings. The van der Waals surface area contributed by atoms with Crippen LogP contribution in [-0.2, 0) is 18.2 Å². The van der Waals surface area contributed by atoms with E-state index in [0.29, 0.717) is 26.2 Å². The smallest absolute Gasteiger partial charge is 0.409 e. The van der Waals surface area contributed by atoms with Gasteiger partial charge in [0.05, 0.1) is 12.8 Å². The highest BCUT2D eigenvalue weighted by atomic mass is 16.6. The van der Waals surface area contributed by atoms with Gasteiger partial charge in [0.25, 0.3) is 0 Å². The maximum atomic E-state index is 11.8.